The van der Waals surface area contributed by atoms with Crippen molar-refractivity contribution in [3.63, 3.8) is 0 Å². The fraction of sp³-hybridized carbons (Fsp3) is 0.222. The number of hydrogen-bond donors (Lipinski definition) is 1. The Morgan fingerprint density at radius 1 is 0.781 bits per heavy atom. The summed E-state index contributed by atoms with van der Waals surface area (Å²) >= 11 is 0. The van der Waals surface area contributed by atoms with E-state index in [0.717, 1.165) is 39.6 Å². The van der Waals surface area contributed by atoms with Gasteiger partial charge in [-0.1, -0.05) is 12.1 Å². The minimum atomic E-state index is -0.291. The second-order valence-corrected chi connectivity index (χ2v) is 8.28. The van der Waals surface area contributed by atoms with Gasteiger partial charge >= 0.3 is 0 Å². The zero-order chi connectivity index (χ0) is 22.7. The highest BCUT2D eigenvalue weighted by molar-refractivity contribution is 5.47. The van der Waals surface area contributed by atoms with E-state index in [1.54, 1.807) is 12.1 Å². The van der Waals surface area contributed by atoms with Gasteiger partial charge in [0.2, 0.25) is 0 Å². The summed E-state index contributed by atoms with van der Waals surface area (Å²) in [5.74, 6) is 0.344. The molecule has 4 rings (SSSR count). The van der Waals surface area contributed by atoms with Gasteiger partial charge in [-0.2, -0.15) is 0 Å². The number of aromatic nitrogens is 2. The van der Waals surface area contributed by atoms with Crippen molar-refractivity contribution in [2.75, 3.05) is 5.32 Å². The summed E-state index contributed by atoms with van der Waals surface area (Å²) in [4.78, 5) is 4.86. The predicted molar refractivity (Wildman–Crippen MR) is 125 cm³/mol. The Morgan fingerprint density at radius 3 is 2.28 bits per heavy atom. The van der Waals surface area contributed by atoms with Crippen LogP contribution in [-0.4, -0.2) is 9.55 Å². The fourth-order valence-corrected chi connectivity index (χ4v) is 4.01. The number of nitrogens with zero attached hydrogens (tertiary/aromatic N) is 2. The zero-order valence-corrected chi connectivity index (χ0v) is 18.6. The fourth-order valence-electron chi connectivity index (χ4n) is 4.01. The Kier molecular flexibility index (Phi) is 6.35. The lowest BCUT2D eigenvalue weighted by atomic mass is 10.1. The molecule has 0 saturated heterocycles. The minimum Gasteiger partial charge on any atom is -0.381 e. The molecule has 2 aromatic heterocycles. The molecule has 32 heavy (non-hydrogen) atoms. The Morgan fingerprint density at radius 2 is 1.53 bits per heavy atom. The molecule has 164 valence electrons. The molecular formula is C27H27F2N3. The quantitative estimate of drug-likeness (QED) is 0.363. The molecular weight excluding hydrogens is 404 g/mol. The second-order valence-electron chi connectivity index (χ2n) is 8.28. The van der Waals surface area contributed by atoms with Crippen molar-refractivity contribution >= 4 is 5.69 Å². The van der Waals surface area contributed by atoms with Gasteiger partial charge in [0, 0.05) is 29.3 Å². The lowest BCUT2D eigenvalue weighted by Gasteiger charge is -2.12. The number of halogens is 2. The van der Waals surface area contributed by atoms with Crippen LogP contribution in [0.15, 0.2) is 66.7 Å². The van der Waals surface area contributed by atoms with Gasteiger partial charge in [-0.05, 0) is 105 Å². The van der Waals surface area contributed by atoms with Crippen molar-refractivity contribution in [1.82, 2.24) is 9.55 Å². The van der Waals surface area contributed by atoms with Gasteiger partial charge in [-0.25, -0.2) is 13.8 Å². The van der Waals surface area contributed by atoms with Crippen LogP contribution in [0, 0.1) is 32.4 Å². The van der Waals surface area contributed by atoms with Crippen molar-refractivity contribution in [1.29, 1.82) is 0 Å². The number of pyridine rings is 1. The summed E-state index contributed by atoms with van der Waals surface area (Å²) in [7, 11) is 0. The lowest BCUT2D eigenvalue weighted by molar-refractivity contribution is 0.624. The van der Waals surface area contributed by atoms with Crippen molar-refractivity contribution in [2.45, 2.75) is 40.2 Å². The molecule has 2 aromatic carbocycles. The Hall–Kier alpha value is -3.47. The van der Waals surface area contributed by atoms with E-state index in [1.165, 1.54) is 18.2 Å². The normalized spacial score (nSPS) is 11.0. The van der Waals surface area contributed by atoms with Crippen LogP contribution in [0.4, 0.5) is 14.5 Å². The van der Waals surface area contributed by atoms with Crippen molar-refractivity contribution in [3.05, 3.63) is 112 Å². The van der Waals surface area contributed by atoms with Crippen LogP contribution in [0.5, 0.6) is 0 Å². The lowest BCUT2D eigenvalue weighted by Crippen LogP contribution is -2.06. The number of anilines is 1. The summed E-state index contributed by atoms with van der Waals surface area (Å²) in [5, 5.41) is 3.19. The van der Waals surface area contributed by atoms with Crippen LogP contribution in [0.25, 0.3) is 5.82 Å². The maximum absolute atomic E-state index is 14.2. The number of rotatable bonds is 7. The summed E-state index contributed by atoms with van der Waals surface area (Å²) < 4.78 is 29.8. The summed E-state index contributed by atoms with van der Waals surface area (Å²) in [5.41, 5.74) is 6.80. The molecule has 4 aromatic rings. The molecule has 0 amide bonds. The third-order valence-electron chi connectivity index (χ3n) is 5.52. The van der Waals surface area contributed by atoms with Gasteiger partial charge in [0.1, 0.15) is 17.5 Å². The molecule has 0 unspecified atom stereocenters. The number of benzene rings is 2. The first-order valence-electron chi connectivity index (χ1n) is 10.8. The van der Waals surface area contributed by atoms with Gasteiger partial charge < -0.3 is 9.88 Å². The van der Waals surface area contributed by atoms with Crippen LogP contribution >= 0.6 is 0 Å². The summed E-state index contributed by atoms with van der Waals surface area (Å²) in [6.45, 7) is 6.64. The monoisotopic (exact) mass is 431 g/mol. The number of nitrogens with one attached hydrogen (secondary N) is 1. The molecule has 0 aliphatic carbocycles. The van der Waals surface area contributed by atoms with Crippen molar-refractivity contribution < 1.29 is 8.78 Å². The molecule has 1 N–H and O–H groups in total. The highest BCUT2D eigenvalue weighted by Crippen LogP contribution is 2.20. The average molecular weight is 432 g/mol. The van der Waals surface area contributed by atoms with Crippen LogP contribution in [-0.2, 0) is 19.4 Å². The minimum absolute atomic E-state index is 0.278. The van der Waals surface area contributed by atoms with Crippen LogP contribution in [0.1, 0.15) is 33.8 Å². The SMILES string of the molecule is Cc1cc(CCc2cc(F)cc(NCc3cccc(F)c3)c2)nc(-n2c(C)ccc2C)c1. The standard InChI is InChI=1S/C27H27F2N3/c1-18-11-25(31-27(12-18)32-19(2)7-8-20(32)3)10-9-21-13-24(29)16-26(15-21)30-17-22-5-4-6-23(28)14-22/h4-8,11-16,30H,9-10,17H2,1-3H3. The van der Waals surface area contributed by atoms with Crippen LogP contribution < -0.4 is 5.32 Å². The topological polar surface area (TPSA) is 29.9 Å². The first kappa shape index (κ1) is 21.8. The largest absolute Gasteiger partial charge is 0.381 e. The molecule has 0 spiro atoms. The molecule has 0 atom stereocenters. The van der Waals surface area contributed by atoms with E-state index in [4.69, 9.17) is 4.98 Å². The average Bonchev–Trinajstić information content (AvgIpc) is 3.08. The molecule has 2 heterocycles. The van der Waals surface area contributed by atoms with E-state index < -0.39 is 0 Å². The molecule has 3 nitrogen and oxygen atoms in total. The maximum Gasteiger partial charge on any atom is 0.137 e. The Bertz CT molecular complexity index is 1220. The van der Waals surface area contributed by atoms with Gasteiger partial charge in [-0.15, -0.1) is 0 Å². The summed E-state index contributed by atoms with van der Waals surface area (Å²) in [6.07, 6.45) is 1.38. The molecule has 0 radical (unpaired) electrons. The maximum atomic E-state index is 14.2. The van der Waals surface area contributed by atoms with Crippen molar-refractivity contribution in [3.8, 4) is 5.82 Å². The van der Waals surface area contributed by atoms with Gasteiger partial charge in [-0.3, -0.25) is 0 Å². The smallest absolute Gasteiger partial charge is 0.137 e. The van der Waals surface area contributed by atoms with Gasteiger partial charge in [0.25, 0.3) is 0 Å². The van der Waals surface area contributed by atoms with E-state index in [1.807, 2.05) is 12.1 Å². The molecule has 0 aliphatic heterocycles. The third-order valence-corrected chi connectivity index (χ3v) is 5.52. The van der Waals surface area contributed by atoms with Crippen molar-refractivity contribution in [2.24, 2.45) is 0 Å². The Labute approximate surface area is 187 Å². The van der Waals surface area contributed by atoms with E-state index in [2.05, 4.69) is 54.9 Å². The first-order valence-corrected chi connectivity index (χ1v) is 10.8. The zero-order valence-electron chi connectivity index (χ0n) is 18.6. The van der Waals surface area contributed by atoms with E-state index in [-0.39, 0.29) is 11.6 Å². The predicted octanol–water partition coefficient (Wildman–Crippen LogP) is 6.47. The highest BCUT2D eigenvalue weighted by Gasteiger charge is 2.09. The van der Waals surface area contributed by atoms with E-state index in [0.29, 0.717) is 25.1 Å². The third kappa shape index (κ3) is 5.22. The number of aryl methyl sites for hydroxylation is 5. The van der Waals surface area contributed by atoms with E-state index in [9.17, 15) is 8.78 Å². The molecule has 5 heteroatoms. The van der Waals surface area contributed by atoms with Gasteiger partial charge in [0.15, 0.2) is 0 Å². The second kappa shape index (κ2) is 9.35. The van der Waals surface area contributed by atoms with Crippen LogP contribution in [0.2, 0.25) is 0 Å². The first-order chi connectivity index (χ1) is 15.4. The van der Waals surface area contributed by atoms with E-state index >= 15 is 0 Å². The number of hydrogen-bond acceptors (Lipinski definition) is 2. The highest BCUT2D eigenvalue weighted by atomic mass is 19.1. The molecule has 0 saturated carbocycles. The van der Waals surface area contributed by atoms with Gasteiger partial charge in [0.05, 0.1) is 0 Å². The molecule has 0 aliphatic rings. The summed E-state index contributed by atoms with van der Waals surface area (Å²) in [6, 6.07) is 19.7. The van der Waals surface area contributed by atoms with Crippen LogP contribution in [0.3, 0.4) is 0 Å². The molecule has 0 bridgehead atoms. The Balaban J connectivity index is 1.48. The molecule has 0 fully saturated rings.